The van der Waals surface area contributed by atoms with E-state index in [-0.39, 0.29) is 12.4 Å². The number of benzene rings is 2. The summed E-state index contributed by atoms with van der Waals surface area (Å²) >= 11 is 0. The Bertz CT molecular complexity index is 624. The Morgan fingerprint density at radius 2 is 1.95 bits per heavy atom. The van der Waals surface area contributed by atoms with Crippen LogP contribution in [-0.2, 0) is 0 Å². The maximum Gasteiger partial charge on any atom is 0.165 e. The molecule has 2 rings (SSSR count). The first kappa shape index (κ1) is 14.1. The molecule has 0 spiro atoms. The molecule has 2 aromatic carbocycles. The second-order valence-electron chi connectivity index (χ2n) is 4.32. The zero-order chi connectivity index (χ0) is 14.4. The Labute approximate surface area is 117 Å². The van der Waals surface area contributed by atoms with Gasteiger partial charge in [-0.15, -0.1) is 0 Å². The van der Waals surface area contributed by atoms with Crippen LogP contribution in [0.5, 0.6) is 5.75 Å². The molecule has 102 valence electrons. The highest BCUT2D eigenvalue weighted by molar-refractivity contribution is 5.34. The van der Waals surface area contributed by atoms with Gasteiger partial charge in [0.05, 0.1) is 6.10 Å². The lowest BCUT2D eigenvalue weighted by atomic mass is 10.1. The molecule has 20 heavy (non-hydrogen) atoms. The van der Waals surface area contributed by atoms with Gasteiger partial charge in [-0.05, 0) is 36.8 Å². The molecule has 0 amide bonds. The molecule has 2 aromatic rings. The van der Waals surface area contributed by atoms with Crippen molar-refractivity contribution < 1.29 is 14.2 Å². The molecule has 0 aliphatic rings. The standard InChI is InChI=1S/C17H15FO2/c1-13(19)15-9-10-17(16(18)12-15)20-11-5-8-14-6-3-2-4-7-14/h2-4,6-7,9-10,12-13,19H,11H2,1H3/t13-/m0/s1. The molecule has 0 fully saturated rings. The van der Waals surface area contributed by atoms with Crippen LogP contribution in [0.3, 0.4) is 0 Å². The minimum Gasteiger partial charge on any atom is -0.478 e. The van der Waals surface area contributed by atoms with Gasteiger partial charge in [-0.2, -0.15) is 0 Å². The third-order valence-electron chi connectivity index (χ3n) is 2.74. The van der Waals surface area contributed by atoms with Crippen molar-refractivity contribution in [2.24, 2.45) is 0 Å². The molecule has 1 atom stereocenters. The molecule has 0 heterocycles. The fourth-order valence-corrected chi connectivity index (χ4v) is 1.67. The van der Waals surface area contributed by atoms with Crippen LogP contribution in [0.2, 0.25) is 0 Å². The molecule has 0 bridgehead atoms. The average molecular weight is 270 g/mol. The van der Waals surface area contributed by atoms with Crippen molar-refractivity contribution in [2.45, 2.75) is 13.0 Å². The van der Waals surface area contributed by atoms with Gasteiger partial charge >= 0.3 is 0 Å². The third-order valence-corrected chi connectivity index (χ3v) is 2.74. The first-order valence-electron chi connectivity index (χ1n) is 6.31. The van der Waals surface area contributed by atoms with Gasteiger partial charge in [0.1, 0.15) is 6.61 Å². The van der Waals surface area contributed by atoms with Crippen molar-refractivity contribution in [3.8, 4) is 17.6 Å². The SMILES string of the molecule is C[C@H](O)c1ccc(OCC#Cc2ccccc2)c(F)c1. The number of halogens is 1. The summed E-state index contributed by atoms with van der Waals surface area (Å²) in [5, 5.41) is 9.35. The van der Waals surface area contributed by atoms with Crippen LogP contribution in [-0.4, -0.2) is 11.7 Å². The number of aliphatic hydroxyl groups is 1. The van der Waals surface area contributed by atoms with Crippen molar-refractivity contribution in [1.82, 2.24) is 0 Å². The Morgan fingerprint density at radius 1 is 1.20 bits per heavy atom. The lowest BCUT2D eigenvalue weighted by Crippen LogP contribution is -1.99. The number of ether oxygens (including phenoxy) is 1. The van der Waals surface area contributed by atoms with E-state index < -0.39 is 11.9 Å². The van der Waals surface area contributed by atoms with Crippen LogP contribution in [0.25, 0.3) is 0 Å². The minimum absolute atomic E-state index is 0.111. The average Bonchev–Trinajstić information content (AvgIpc) is 2.46. The van der Waals surface area contributed by atoms with Gasteiger partial charge in [-0.25, -0.2) is 4.39 Å². The monoisotopic (exact) mass is 270 g/mol. The molecule has 0 saturated carbocycles. The summed E-state index contributed by atoms with van der Waals surface area (Å²) in [6.07, 6.45) is -0.698. The predicted molar refractivity (Wildman–Crippen MR) is 75.8 cm³/mol. The molecule has 0 unspecified atom stereocenters. The normalized spacial score (nSPS) is 11.3. The van der Waals surface area contributed by atoms with Crippen molar-refractivity contribution in [3.63, 3.8) is 0 Å². The van der Waals surface area contributed by atoms with Crippen LogP contribution in [0, 0.1) is 17.7 Å². The Balaban J connectivity index is 1.97. The zero-order valence-electron chi connectivity index (χ0n) is 11.1. The second kappa shape index (κ2) is 6.74. The summed E-state index contributed by atoms with van der Waals surface area (Å²) in [5.74, 6) is 5.39. The van der Waals surface area contributed by atoms with Gasteiger partial charge in [0, 0.05) is 5.56 Å². The molecule has 0 radical (unpaired) electrons. The van der Waals surface area contributed by atoms with E-state index in [0.717, 1.165) is 5.56 Å². The smallest absolute Gasteiger partial charge is 0.165 e. The minimum atomic E-state index is -0.698. The summed E-state index contributed by atoms with van der Waals surface area (Å²) in [5.41, 5.74) is 1.41. The highest BCUT2D eigenvalue weighted by Crippen LogP contribution is 2.21. The van der Waals surface area contributed by atoms with Crippen LogP contribution < -0.4 is 4.74 Å². The van der Waals surface area contributed by atoms with Gasteiger partial charge in [0.25, 0.3) is 0 Å². The number of rotatable bonds is 3. The molecule has 0 saturated heterocycles. The molecule has 0 aromatic heterocycles. The molecule has 2 nitrogen and oxygen atoms in total. The summed E-state index contributed by atoms with van der Waals surface area (Å²) in [7, 11) is 0. The Kier molecular flexibility index (Phi) is 4.75. The summed E-state index contributed by atoms with van der Waals surface area (Å²) in [6.45, 7) is 1.69. The molecule has 0 aliphatic carbocycles. The van der Waals surface area contributed by atoms with Crippen LogP contribution in [0.15, 0.2) is 48.5 Å². The Morgan fingerprint density at radius 3 is 2.60 bits per heavy atom. The van der Waals surface area contributed by atoms with Crippen LogP contribution in [0.1, 0.15) is 24.2 Å². The van der Waals surface area contributed by atoms with E-state index in [4.69, 9.17) is 4.74 Å². The van der Waals surface area contributed by atoms with Crippen molar-refractivity contribution in [1.29, 1.82) is 0 Å². The van der Waals surface area contributed by atoms with Crippen molar-refractivity contribution in [3.05, 3.63) is 65.5 Å². The fourth-order valence-electron chi connectivity index (χ4n) is 1.67. The van der Waals surface area contributed by atoms with Gasteiger partial charge in [0.2, 0.25) is 0 Å². The zero-order valence-corrected chi connectivity index (χ0v) is 11.1. The van der Waals surface area contributed by atoms with Crippen molar-refractivity contribution in [2.75, 3.05) is 6.61 Å². The molecule has 3 heteroatoms. The van der Waals surface area contributed by atoms with E-state index >= 15 is 0 Å². The second-order valence-corrected chi connectivity index (χ2v) is 4.32. The molecule has 1 N–H and O–H groups in total. The Hall–Kier alpha value is -2.31. The molecular formula is C17H15FO2. The van der Waals surface area contributed by atoms with E-state index in [1.54, 1.807) is 13.0 Å². The first-order valence-corrected chi connectivity index (χ1v) is 6.31. The molecular weight excluding hydrogens is 255 g/mol. The maximum atomic E-state index is 13.7. The van der Waals surface area contributed by atoms with E-state index in [0.29, 0.717) is 5.56 Å². The number of hydrogen-bond donors (Lipinski definition) is 1. The van der Waals surface area contributed by atoms with Gasteiger partial charge < -0.3 is 9.84 Å². The first-order chi connectivity index (χ1) is 9.66. The summed E-state index contributed by atoms with van der Waals surface area (Å²) in [6, 6.07) is 13.9. The maximum absolute atomic E-state index is 13.7. The fraction of sp³-hybridized carbons (Fsp3) is 0.176. The highest BCUT2D eigenvalue weighted by Gasteiger charge is 2.07. The lowest BCUT2D eigenvalue weighted by molar-refractivity contribution is 0.198. The van der Waals surface area contributed by atoms with Crippen LogP contribution >= 0.6 is 0 Å². The van der Waals surface area contributed by atoms with Gasteiger partial charge in [-0.3, -0.25) is 0 Å². The van der Waals surface area contributed by atoms with E-state index in [9.17, 15) is 9.50 Å². The predicted octanol–water partition coefficient (Wildman–Crippen LogP) is 3.31. The quantitative estimate of drug-likeness (QED) is 0.867. The van der Waals surface area contributed by atoms with Crippen LogP contribution in [0.4, 0.5) is 4.39 Å². The summed E-state index contributed by atoms with van der Waals surface area (Å²) in [4.78, 5) is 0. The lowest BCUT2D eigenvalue weighted by Gasteiger charge is -2.08. The van der Waals surface area contributed by atoms with E-state index in [2.05, 4.69) is 11.8 Å². The topological polar surface area (TPSA) is 29.5 Å². The van der Waals surface area contributed by atoms with Gasteiger partial charge in [0.15, 0.2) is 11.6 Å². The molecule has 0 aliphatic heterocycles. The largest absolute Gasteiger partial charge is 0.478 e. The number of hydrogen-bond acceptors (Lipinski definition) is 2. The van der Waals surface area contributed by atoms with Crippen molar-refractivity contribution >= 4 is 0 Å². The highest BCUT2D eigenvalue weighted by atomic mass is 19.1. The van der Waals surface area contributed by atoms with E-state index in [1.165, 1.54) is 12.1 Å². The third kappa shape index (κ3) is 3.84. The number of aliphatic hydroxyl groups excluding tert-OH is 1. The summed E-state index contributed by atoms with van der Waals surface area (Å²) < 4.78 is 18.9. The van der Waals surface area contributed by atoms with Gasteiger partial charge in [-0.1, -0.05) is 36.1 Å². The van der Waals surface area contributed by atoms with E-state index in [1.807, 2.05) is 30.3 Å².